The molecular formula is C47H90NO7P. The van der Waals surface area contributed by atoms with Gasteiger partial charge in [0.05, 0.1) is 19.8 Å². The van der Waals surface area contributed by atoms with Gasteiger partial charge < -0.3 is 20.1 Å². The molecule has 8 nitrogen and oxygen atoms in total. The number of allylic oxidation sites excluding steroid dienone is 6. The smallest absolute Gasteiger partial charge is 0.457 e. The first-order valence-corrected chi connectivity index (χ1v) is 25.0. The van der Waals surface area contributed by atoms with E-state index < -0.39 is 13.9 Å². The van der Waals surface area contributed by atoms with Crippen LogP contribution < -0.4 is 5.73 Å². The van der Waals surface area contributed by atoms with Gasteiger partial charge in [-0.1, -0.05) is 179 Å². The molecule has 0 bridgehead atoms. The lowest BCUT2D eigenvalue weighted by Crippen LogP contribution is -2.28. The maximum Gasteiger partial charge on any atom is 0.472 e. The molecule has 0 saturated heterocycles. The van der Waals surface area contributed by atoms with Crippen LogP contribution in [0.3, 0.4) is 0 Å². The van der Waals surface area contributed by atoms with E-state index in [2.05, 4.69) is 50.3 Å². The normalized spacial score (nSPS) is 13.7. The van der Waals surface area contributed by atoms with E-state index in [0.29, 0.717) is 13.0 Å². The number of unbranched alkanes of at least 4 members (excludes halogenated alkanes) is 26. The van der Waals surface area contributed by atoms with Crippen molar-refractivity contribution in [1.82, 2.24) is 0 Å². The third-order valence-corrected chi connectivity index (χ3v) is 11.0. The first-order chi connectivity index (χ1) is 27.4. The maximum atomic E-state index is 12.6. The minimum Gasteiger partial charge on any atom is -0.457 e. The van der Waals surface area contributed by atoms with Gasteiger partial charge in [-0.15, -0.1) is 0 Å². The largest absolute Gasteiger partial charge is 0.472 e. The molecule has 0 aromatic carbocycles. The number of rotatable bonds is 45. The zero-order valence-electron chi connectivity index (χ0n) is 36.6. The molecule has 0 aliphatic carbocycles. The van der Waals surface area contributed by atoms with Crippen molar-refractivity contribution in [1.29, 1.82) is 0 Å². The molecule has 0 rings (SSSR count). The van der Waals surface area contributed by atoms with Crippen molar-refractivity contribution in [2.75, 3.05) is 33.0 Å². The van der Waals surface area contributed by atoms with E-state index in [9.17, 15) is 14.3 Å². The van der Waals surface area contributed by atoms with Crippen molar-refractivity contribution < 1.29 is 32.8 Å². The van der Waals surface area contributed by atoms with E-state index in [1.807, 2.05) is 0 Å². The predicted molar refractivity (Wildman–Crippen MR) is 238 cm³/mol. The summed E-state index contributed by atoms with van der Waals surface area (Å²) in [6.07, 6.45) is 51.6. The highest BCUT2D eigenvalue weighted by atomic mass is 31.2. The van der Waals surface area contributed by atoms with Gasteiger partial charge in [0, 0.05) is 19.6 Å². The zero-order chi connectivity index (χ0) is 40.9. The van der Waals surface area contributed by atoms with Crippen LogP contribution >= 0.6 is 7.82 Å². The molecule has 0 radical (unpaired) electrons. The lowest BCUT2D eigenvalue weighted by molar-refractivity contribution is -0.154. The van der Waals surface area contributed by atoms with E-state index in [1.165, 1.54) is 161 Å². The summed E-state index contributed by atoms with van der Waals surface area (Å²) < 4.78 is 33.5. The van der Waals surface area contributed by atoms with Crippen molar-refractivity contribution in [3.8, 4) is 0 Å². The highest BCUT2D eigenvalue weighted by molar-refractivity contribution is 7.47. The highest BCUT2D eigenvalue weighted by Crippen LogP contribution is 2.43. The molecule has 0 fully saturated rings. The van der Waals surface area contributed by atoms with Crippen LogP contribution in [-0.4, -0.2) is 49.9 Å². The van der Waals surface area contributed by atoms with E-state index in [4.69, 9.17) is 24.3 Å². The summed E-state index contributed by atoms with van der Waals surface area (Å²) in [5.74, 6) is -0.334. The number of nitrogens with two attached hydrogens (primary N) is 1. The molecule has 0 aliphatic rings. The number of carbonyl (C=O) groups excluding carboxylic acids is 1. The summed E-state index contributed by atoms with van der Waals surface area (Å²) in [5.41, 5.74) is 5.38. The van der Waals surface area contributed by atoms with Crippen molar-refractivity contribution in [2.24, 2.45) is 5.73 Å². The van der Waals surface area contributed by atoms with Gasteiger partial charge in [0.1, 0.15) is 6.10 Å². The average molecular weight is 812 g/mol. The van der Waals surface area contributed by atoms with E-state index in [-0.39, 0.29) is 32.3 Å². The Morgan fingerprint density at radius 3 is 1.45 bits per heavy atom. The quantitative estimate of drug-likeness (QED) is 0.0270. The lowest BCUT2D eigenvalue weighted by atomic mass is 10.1. The molecule has 0 aliphatic heterocycles. The molecule has 0 aromatic heterocycles. The Balaban J connectivity index is 3.99. The van der Waals surface area contributed by atoms with Crippen LogP contribution in [0.5, 0.6) is 0 Å². The van der Waals surface area contributed by atoms with Gasteiger partial charge in [-0.2, -0.15) is 0 Å². The van der Waals surface area contributed by atoms with E-state index >= 15 is 0 Å². The third kappa shape index (κ3) is 43.8. The number of phosphoric ester groups is 1. The fourth-order valence-corrected chi connectivity index (χ4v) is 7.32. The van der Waals surface area contributed by atoms with Crippen LogP contribution in [0.25, 0.3) is 0 Å². The molecule has 330 valence electrons. The lowest BCUT2D eigenvalue weighted by Gasteiger charge is -2.20. The predicted octanol–water partition coefficient (Wildman–Crippen LogP) is 14.2. The summed E-state index contributed by atoms with van der Waals surface area (Å²) in [4.78, 5) is 22.5. The van der Waals surface area contributed by atoms with Crippen LogP contribution in [-0.2, 0) is 27.9 Å². The van der Waals surface area contributed by atoms with Crippen molar-refractivity contribution >= 4 is 13.8 Å². The van der Waals surface area contributed by atoms with Crippen LogP contribution in [0, 0.1) is 0 Å². The highest BCUT2D eigenvalue weighted by Gasteiger charge is 2.25. The number of hydrogen-bond donors (Lipinski definition) is 2. The molecule has 0 spiro atoms. The second kappa shape index (κ2) is 44.8. The minimum absolute atomic E-state index is 0.0966. The van der Waals surface area contributed by atoms with Crippen LogP contribution in [0.15, 0.2) is 36.5 Å². The summed E-state index contributed by atoms with van der Waals surface area (Å²) >= 11 is 0. The Bertz CT molecular complexity index is 957. The Morgan fingerprint density at radius 2 is 0.946 bits per heavy atom. The Morgan fingerprint density at radius 1 is 0.536 bits per heavy atom. The molecule has 2 atom stereocenters. The van der Waals surface area contributed by atoms with Gasteiger partial charge in [-0.05, 0) is 70.6 Å². The average Bonchev–Trinajstić information content (AvgIpc) is 3.19. The number of ether oxygens (including phenoxy) is 2. The fourth-order valence-electron chi connectivity index (χ4n) is 6.55. The van der Waals surface area contributed by atoms with Gasteiger partial charge in [0.2, 0.25) is 0 Å². The summed E-state index contributed by atoms with van der Waals surface area (Å²) in [5, 5.41) is 0. The number of carbonyl (C=O) groups is 1. The van der Waals surface area contributed by atoms with Gasteiger partial charge in [-0.3, -0.25) is 13.8 Å². The summed E-state index contributed by atoms with van der Waals surface area (Å²) in [6.45, 7) is 4.91. The molecule has 2 unspecified atom stereocenters. The Kier molecular flexibility index (Phi) is 43.8. The SMILES string of the molecule is CCCCC/C=C\C/C=C\CCCCCCCCCCCC(=O)OC(COCCCCCCCCCC/C=C\CCCCCCCC)COP(=O)(O)OCCN. The second-order valence-electron chi connectivity index (χ2n) is 15.6. The van der Waals surface area contributed by atoms with E-state index in [0.717, 1.165) is 38.5 Å². The summed E-state index contributed by atoms with van der Waals surface area (Å²) in [6, 6.07) is 0. The first-order valence-electron chi connectivity index (χ1n) is 23.5. The Hall–Kier alpha value is -1.28. The van der Waals surface area contributed by atoms with Gasteiger partial charge in [0.15, 0.2) is 0 Å². The van der Waals surface area contributed by atoms with Crippen molar-refractivity contribution in [2.45, 2.75) is 225 Å². The van der Waals surface area contributed by atoms with Crippen LogP contribution in [0.1, 0.15) is 219 Å². The maximum absolute atomic E-state index is 12.6. The standard InChI is InChI=1S/C47H90NO7P/c1-3-5-7-9-11-13-15-17-19-21-23-24-26-28-30-32-34-36-38-40-47(49)55-46(45-54-56(50,51)53-43-41-48)44-52-42-39-37-35-33-31-29-27-25-22-20-18-16-14-12-10-8-6-4-2/h11,13,17-20,46H,3-10,12,14-16,21-45,48H2,1-2H3,(H,50,51)/b13-11-,19-17-,20-18-. The van der Waals surface area contributed by atoms with Gasteiger partial charge in [-0.25, -0.2) is 4.57 Å². The molecule has 3 N–H and O–H groups in total. The molecule has 0 saturated carbocycles. The number of hydrogen-bond acceptors (Lipinski definition) is 7. The van der Waals surface area contributed by atoms with Gasteiger partial charge in [0.25, 0.3) is 0 Å². The Labute approximate surface area is 346 Å². The molecular weight excluding hydrogens is 721 g/mol. The van der Waals surface area contributed by atoms with Crippen molar-refractivity contribution in [3.05, 3.63) is 36.5 Å². The van der Waals surface area contributed by atoms with E-state index in [1.54, 1.807) is 0 Å². The minimum atomic E-state index is -4.28. The topological polar surface area (TPSA) is 117 Å². The molecule has 56 heavy (non-hydrogen) atoms. The molecule has 9 heteroatoms. The first kappa shape index (κ1) is 54.7. The molecule has 0 amide bonds. The number of esters is 1. The monoisotopic (exact) mass is 812 g/mol. The number of phosphoric acid groups is 1. The van der Waals surface area contributed by atoms with Crippen LogP contribution in [0.4, 0.5) is 0 Å². The molecule has 0 aromatic rings. The summed E-state index contributed by atoms with van der Waals surface area (Å²) in [7, 11) is -4.28. The van der Waals surface area contributed by atoms with Crippen LogP contribution in [0.2, 0.25) is 0 Å². The van der Waals surface area contributed by atoms with Crippen molar-refractivity contribution in [3.63, 3.8) is 0 Å². The van der Waals surface area contributed by atoms with Gasteiger partial charge >= 0.3 is 13.8 Å². The zero-order valence-corrected chi connectivity index (χ0v) is 37.5. The second-order valence-corrected chi connectivity index (χ2v) is 17.1. The third-order valence-electron chi connectivity index (χ3n) is 10.0. The fraction of sp³-hybridized carbons (Fsp3) is 0.851. The molecule has 0 heterocycles.